The van der Waals surface area contributed by atoms with Crippen LogP contribution in [0.2, 0.25) is 0 Å². The summed E-state index contributed by atoms with van der Waals surface area (Å²) in [4.78, 5) is 4.15. The normalized spacial score (nSPS) is 12.5. The number of halogens is 1. The Balaban J connectivity index is 1.67. The molecule has 3 rings (SSSR count). The van der Waals surface area contributed by atoms with Crippen LogP contribution in [0.4, 0.5) is 0 Å². The predicted octanol–water partition coefficient (Wildman–Crippen LogP) is 5.66. The maximum atomic E-state index is 4.15. The molecule has 3 aromatic rings. The zero-order valence-corrected chi connectivity index (χ0v) is 15.7. The van der Waals surface area contributed by atoms with Crippen molar-refractivity contribution in [3.63, 3.8) is 0 Å². The van der Waals surface area contributed by atoms with Gasteiger partial charge in [-0.05, 0) is 23.3 Å². The molecule has 0 amide bonds. The summed E-state index contributed by atoms with van der Waals surface area (Å²) < 4.78 is 3.25. The summed E-state index contributed by atoms with van der Waals surface area (Å²) in [5.74, 6) is 0.992. The van der Waals surface area contributed by atoms with Crippen molar-refractivity contribution in [2.24, 2.45) is 0 Å². The van der Waals surface area contributed by atoms with Gasteiger partial charge in [0.25, 0.3) is 0 Å². The zero-order chi connectivity index (χ0) is 16.6. The number of hydrogen-bond acceptors (Lipinski definition) is 2. The van der Waals surface area contributed by atoms with Crippen LogP contribution in [0.1, 0.15) is 11.1 Å². The Morgan fingerprint density at radius 1 is 1.08 bits per heavy atom. The van der Waals surface area contributed by atoms with Gasteiger partial charge in [-0.3, -0.25) is 0 Å². The maximum absolute atomic E-state index is 4.15. The molecular weight excluding hydrogens is 380 g/mol. The van der Waals surface area contributed by atoms with E-state index < -0.39 is 0 Å². The first-order valence-corrected chi connectivity index (χ1v) is 9.69. The second kappa shape index (κ2) is 8.90. The van der Waals surface area contributed by atoms with Crippen molar-refractivity contribution in [3.8, 4) is 0 Å². The molecule has 0 N–H and O–H groups in total. The van der Waals surface area contributed by atoms with Gasteiger partial charge in [-0.25, -0.2) is 4.98 Å². The Morgan fingerprint density at radius 2 is 1.88 bits per heavy atom. The van der Waals surface area contributed by atoms with Crippen molar-refractivity contribution < 1.29 is 0 Å². The number of hydrogen-bond donors (Lipinski definition) is 0. The third-order valence-corrected chi connectivity index (χ3v) is 5.39. The van der Waals surface area contributed by atoms with Gasteiger partial charge in [-0.15, -0.1) is 11.8 Å². The molecule has 1 heterocycles. The molecule has 1 atom stereocenters. The van der Waals surface area contributed by atoms with E-state index in [0.29, 0.717) is 5.25 Å². The first-order chi connectivity index (χ1) is 11.8. The summed E-state index contributed by atoms with van der Waals surface area (Å²) in [5, 5.41) is 0.392. The van der Waals surface area contributed by atoms with Gasteiger partial charge in [0.05, 0.1) is 6.33 Å². The number of aromatic nitrogens is 2. The number of benzene rings is 2. The Labute approximate surface area is 155 Å². The molecule has 0 aliphatic carbocycles. The Kier molecular flexibility index (Phi) is 6.33. The number of nitrogens with zero attached hydrogens (tertiary/aromatic N) is 2. The fourth-order valence-corrected chi connectivity index (χ4v) is 3.67. The molecule has 0 fully saturated rings. The zero-order valence-electron chi connectivity index (χ0n) is 13.3. The summed E-state index contributed by atoms with van der Waals surface area (Å²) in [6.07, 6.45) is 10.2. The molecule has 0 spiro atoms. The van der Waals surface area contributed by atoms with Gasteiger partial charge in [0.1, 0.15) is 0 Å². The van der Waals surface area contributed by atoms with Gasteiger partial charge in [0.2, 0.25) is 0 Å². The summed E-state index contributed by atoms with van der Waals surface area (Å²) in [6.45, 7) is 0.921. The highest BCUT2D eigenvalue weighted by molar-refractivity contribution is 9.10. The van der Waals surface area contributed by atoms with Crippen molar-refractivity contribution in [2.75, 3.05) is 0 Å². The lowest BCUT2D eigenvalue weighted by Gasteiger charge is -2.13. The molecule has 0 radical (unpaired) electrons. The highest BCUT2D eigenvalue weighted by Crippen LogP contribution is 2.22. The highest BCUT2D eigenvalue weighted by atomic mass is 79.9. The Hall–Kier alpha value is -1.78. The second-order valence-electron chi connectivity index (χ2n) is 5.51. The van der Waals surface area contributed by atoms with Crippen LogP contribution in [0.15, 0.2) is 83.9 Å². The number of thioether (sulfide) groups is 1. The molecule has 0 bridgehead atoms. The van der Waals surface area contributed by atoms with E-state index in [9.17, 15) is 0 Å². The fraction of sp³-hybridized carbons (Fsp3) is 0.150. The smallest absolute Gasteiger partial charge is 0.0946 e. The average molecular weight is 399 g/mol. The lowest BCUT2D eigenvalue weighted by molar-refractivity contribution is 0.720. The van der Waals surface area contributed by atoms with Gasteiger partial charge in [0.15, 0.2) is 0 Å². The first-order valence-electron chi connectivity index (χ1n) is 7.84. The molecule has 4 heteroatoms. The molecule has 2 nitrogen and oxygen atoms in total. The van der Waals surface area contributed by atoms with E-state index in [4.69, 9.17) is 0 Å². The van der Waals surface area contributed by atoms with Crippen LogP contribution in [0, 0.1) is 0 Å². The molecule has 0 aliphatic heterocycles. The fourth-order valence-electron chi connectivity index (χ4n) is 2.34. The quantitative estimate of drug-likeness (QED) is 0.510. The number of rotatable bonds is 7. The Bertz CT molecular complexity index is 752. The van der Waals surface area contributed by atoms with Crippen LogP contribution in [0.3, 0.4) is 0 Å². The highest BCUT2D eigenvalue weighted by Gasteiger charge is 2.07. The molecule has 0 aliphatic rings. The van der Waals surface area contributed by atoms with Crippen LogP contribution in [0.25, 0.3) is 6.08 Å². The van der Waals surface area contributed by atoms with Gasteiger partial charge in [0, 0.05) is 34.4 Å². The van der Waals surface area contributed by atoms with E-state index in [1.807, 2.05) is 36.5 Å². The molecule has 1 aromatic heterocycles. The van der Waals surface area contributed by atoms with Crippen LogP contribution < -0.4 is 0 Å². The lowest BCUT2D eigenvalue weighted by Crippen LogP contribution is -2.09. The van der Waals surface area contributed by atoms with Crippen LogP contribution >= 0.6 is 27.7 Å². The maximum Gasteiger partial charge on any atom is 0.0946 e. The lowest BCUT2D eigenvalue weighted by atomic mass is 10.2. The molecule has 2 aromatic carbocycles. The summed E-state index contributed by atoms with van der Waals surface area (Å²) >= 11 is 5.44. The van der Waals surface area contributed by atoms with Crippen molar-refractivity contribution >= 4 is 33.8 Å². The molecule has 122 valence electrons. The average Bonchev–Trinajstić information content (AvgIpc) is 3.13. The second-order valence-corrected chi connectivity index (χ2v) is 7.65. The van der Waals surface area contributed by atoms with E-state index in [-0.39, 0.29) is 0 Å². The minimum Gasteiger partial charge on any atom is -0.336 e. The third kappa shape index (κ3) is 5.39. The van der Waals surface area contributed by atoms with E-state index in [2.05, 4.69) is 86.2 Å². The van der Waals surface area contributed by atoms with E-state index in [1.165, 1.54) is 11.1 Å². The van der Waals surface area contributed by atoms with Crippen molar-refractivity contribution in [3.05, 3.63) is 95.0 Å². The molecule has 0 saturated carbocycles. The largest absolute Gasteiger partial charge is 0.336 e. The molecule has 0 saturated heterocycles. The summed E-state index contributed by atoms with van der Waals surface area (Å²) in [6, 6.07) is 19.0. The van der Waals surface area contributed by atoms with Gasteiger partial charge in [-0.1, -0.05) is 70.5 Å². The first kappa shape index (κ1) is 17.1. The van der Waals surface area contributed by atoms with Gasteiger partial charge in [-0.2, -0.15) is 0 Å². The van der Waals surface area contributed by atoms with Crippen LogP contribution in [-0.4, -0.2) is 14.8 Å². The third-order valence-electron chi connectivity index (χ3n) is 3.63. The van der Waals surface area contributed by atoms with Crippen LogP contribution in [-0.2, 0) is 12.3 Å². The van der Waals surface area contributed by atoms with Gasteiger partial charge >= 0.3 is 0 Å². The minimum atomic E-state index is 0.392. The van der Waals surface area contributed by atoms with Crippen molar-refractivity contribution in [1.82, 2.24) is 9.55 Å². The summed E-state index contributed by atoms with van der Waals surface area (Å²) in [7, 11) is 0. The Morgan fingerprint density at radius 3 is 2.58 bits per heavy atom. The number of imidazole rings is 1. The summed E-state index contributed by atoms with van der Waals surface area (Å²) in [5.41, 5.74) is 2.57. The van der Waals surface area contributed by atoms with E-state index >= 15 is 0 Å². The van der Waals surface area contributed by atoms with E-state index in [1.54, 1.807) is 0 Å². The molecular formula is C20H19BrN2S. The molecule has 24 heavy (non-hydrogen) atoms. The molecule has 1 unspecified atom stereocenters. The predicted molar refractivity (Wildman–Crippen MR) is 107 cm³/mol. The monoisotopic (exact) mass is 398 g/mol. The standard InChI is InChI=1S/C20H19BrN2S/c21-19-9-6-18(7-10-19)15-24-20(14-23-13-12-22-16-23)11-8-17-4-2-1-3-5-17/h1-13,16,20H,14-15H2. The van der Waals surface area contributed by atoms with Gasteiger partial charge < -0.3 is 4.57 Å². The van der Waals surface area contributed by atoms with Crippen molar-refractivity contribution in [1.29, 1.82) is 0 Å². The van der Waals surface area contributed by atoms with Crippen molar-refractivity contribution in [2.45, 2.75) is 17.5 Å². The topological polar surface area (TPSA) is 17.8 Å². The van der Waals surface area contributed by atoms with E-state index in [0.717, 1.165) is 16.8 Å². The van der Waals surface area contributed by atoms with Crippen LogP contribution in [0.5, 0.6) is 0 Å². The minimum absolute atomic E-state index is 0.392. The SMILES string of the molecule is Brc1ccc(CSC(C=Cc2ccccc2)Cn2ccnc2)cc1.